The van der Waals surface area contributed by atoms with Crippen LogP contribution in [0.25, 0.3) is 0 Å². The average Bonchev–Trinajstić information content (AvgIpc) is 3.52. The van der Waals surface area contributed by atoms with Crippen LogP contribution in [0.1, 0.15) is 28.8 Å². The number of hydrogen-bond donors (Lipinski definition) is 4. The number of nitrogens with zero attached hydrogens (tertiary/aromatic N) is 1. The molecule has 1 amide bonds. The largest absolute Gasteiger partial charge is 0.508 e. The molecule has 0 saturated carbocycles. The number of phenols is 2. The van der Waals surface area contributed by atoms with Gasteiger partial charge in [-0.1, -0.05) is 36.4 Å². The average molecular weight is 445 g/mol. The summed E-state index contributed by atoms with van der Waals surface area (Å²) in [6, 6.07) is 18.8. The van der Waals surface area contributed by atoms with E-state index >= 15 is 0 Å². The number of hydrogen-bond acceptors (Lipinski definition) is 7. The maximum Gasteiger partial charge on any atom is 0.242 e. The normalized spacial score (nSPS) is 25.5. The standard InChI is InChI=1S/C25H23N3O5/c29-16-8-6-15(7-9-16)24-21-22(17-3-1-2-4-18(17)30)26-27-23(21)25(31)28(24)12-14-5-10-19-20(11-14)33-13-32-19/h1-11,21-24,26-27,29-30H,12-13H2. The van der Waals surface area contributed by atoms with E-state index in [1.807, 2.05) is 47.4 Å². The maximum atomic E-state index is 13.6. The molecule has 4 unspecified atom stereocenters. The Morgan fingerprint density at radius 2 is 1.67 bits per heavy atom. The first-order chi connectivity index (χ1) is 16.1. The number of amides is 1. The molecular formula is C25H23N3O5. The van der Waals surface area contributed by atoms with E-state index in [1.165, 1.54) is 0 Å². The van der Waals surface area contributed by atoms with Crippen molar-refractivity contribution in [1.82, 2.24) is 15.8 Å². The number of hydrazine groups is 1. The lowest BCUT2D eigenvalue weighted by atomic mass is 9.83. The molecule has 3 aliphatic rings. The van der Waals surface area contributed by atoms with Gasteiger partial charge in [-0.2, -0.15) is 0 Å². The quantitative estimate of drug-likeness (QED) is 0.490. The summed E-state index contributed by atoms with van der Waals surface area (Å²) >= 11 is 0. The molecule has 8 heteroatoms. The zero-order valence-corrected chi connectivity index (χ0v) is 17.6. The summed E-state index contributed by atoms with van der Waals surface area (Å²) in [6.07, 6.45) is 0. The fourth-order valence-corrected chi connectivity index (χ4v) is 5.20. The monoisotopic (exact) mass is 445 g/mol. The van der Waals surface area contributed by atoms with Crippen molar-refractivity contribution < 1.29 is 24.5 Å². The highest BCUT2D eigenvalue weighted by Gasteiger charge is 2.55. The predicted octanol–water partition coefficient (Wildman–Crippen LogP) is 2.74. The lowest BCUT2D eigenvalue weighted by molar-refractivity contribution is -0.131. The molecule has 0 radical (unpaired) electrons. The summed E-state index contributed by atoms with van der Waals surface area (Å²) in [6.45, 7) is 0.586. The molecule has 4 N–H and O–H groups in total. The number of likely N-dealkylation sites (tertiary alicyclic amines) is 1. The van der Waals surface area contributed by atoms with Crippen LogP contribution >= 0.6 is 0 Å². The zero-order chi connectivity index (χ0) is 22.5. The number of aromatic hydroxyl groups is 2. The van der Waals surface area contributed by atoms with Gasteiger partial charge in [0.15, 0.2) is 11.5 Å². The molecule has 3 aromatic carbocycles. The number of nitrogens with one attached hydrogen (secondary N) is 2. The first-order valence-electron chi connectivity index (χ1n) is 10.9. The van der Waals surface area contributed by atoms with Gasteiger partial charge in [-0.3, -0.25) is 4.79 Å². The Hall–Kier alpha value is -3.75. The highest BCUT2D eigenvalue weighted by molar-refractivity contribution is 5.86. The lowest BCUT2D eigenvalue weighted by Gasteiger charge is -2.31. The second-order valence-corrected chi connectivity index (χ2v) is 8.57. The van der Waals surface area contributed by atoms with Crippen molar-refractivity contribution in [2.45, 2.75) is 24.7 Å². The van der Waals surface area contributed by atoms with Gasteiger partial charge in [0.2, 0.25) is 12.7 Å². The molecule has 2 saturated heterocycles. The van der Waals surface area contributed by atoms with Crippen LogP contribution in [0.15, 0.2) is 66.7 Å². The van der Waals surface area contributed by atoms with Crippen LogP contribution in [0.4, 0.5) is 0 Å². The number of ether oxygens (including phenoxy) is 2. The molecule has 33 heavy (non-hydrogen) atoms. The third-order valence-electron chi connectivity index (χ3n) is 6.71. The Morgan fingerprint density at radius 1 is 0.909 bits per heavy atom. The topological polar surface area (TPSA) is 103 Å². The molecule has 0 aromatic heterocycles. The van der Waals surface area contributed by atoms with Gasteiger partial charge in [-0.05, 0) is 41.5 Å². The van der Waals surface area contributed by atoms with Gasteiger partial charge in [-0.15, -0.1) is 0 Å². The third kappa shape index (κ3) is 3.26. The summed E-state index contributed by atoms with van der Waals surface area (Å²) in [4.78, 5) is 15.5. The molecule has 0 spiro atoms. The number of phenolic OH excluding ortho intramolecular Hbond substituents is 2. The van der Waals surface area contributed by atoms with Gasteiger partial charge in [0, 0.05) is 18.0 Å². The second kappa shape index (κ2) is 7.68. The fourth-order valence-electron chi connectivity index (χ4n) is 5.20. The smallest absolute Gasteiger partial charge is 0.242 e. The molecular weight excluding hydrogens is 422 g/mol. The van der Waals surface area contributed by atoms with Gasteiger partial charge in [-0.25, -0.2) is 10.9 Å². The molecule has 6 rings (SSSR count). The highest BCUT2D eigenvalue weighted by atomic mass is 16.7. The maximum absolute atomic E-state index is 13.6. The van der Waals surface area contributed by atoms with Crippen LogP contribution in [-0.4, -0.2) is 33.9 Å². The predicted molar refractivity (Wildman–Crippen MR) is 118 cm³/mol. The number of carbonyl (C=O) groups is 1. The van der Waals surface area contributed by atoms with E-state index in [-0.39, 0.29) is 42.2 Å². The molecule has 168 valence electrons. The molecule has 8 nitrogen and oxygen atoms in total. The number of rotatable bonds is 4. The minimum Gasteiger partial charge on any atom is -0.508 e. The number of para-hydroxylation sites is 1. The molecule has 0 aliphatic carbocycles. The summed E-state index contributed by atoms with van der Waals surface area (Å²) in [5.41, 5.74) is 8.98. The third-order valence-corrected chi connectivity index (χ3v) is 6.71. The number of fused-ring (bicyclic) bond motifs is 2. The van der Waals surface area contributed by atoms with Crippen LogP contribution in [0.2, 0.25) is 0 Å². The molecule has 2 fully saturated rings. The van der Waals surface area contributed by atoms with Crippen molar-refractivity contribution in [3.8, 4) is 23.0 Å². The Kier molecular flexibility index (Phi) is 4.63. The van der Waals surface area contributed by atoms with Crippen LogP contribution < -0.4 is 20.3 Å². The highest BCUT2D eigenvalue weighted by Crippen LogP contribution is 2.49. The van der Waals surface area contributed by atoms with E-state index in [0.29, 0.717) is 18.0 Å². The van der Waals surface area contributed by atoms with Crippen molar-refractivity contribution >= 4 is 5.91 Å². The van der Waals surface area contributed by atoms with Crippen LogP contribution in [0.3, 0.4) is 0 Å². The second-order valence-electron chi connectivity index (χ2n) is 8.57. The molecule has 3 aromatic rings. The summed E-state index contributed by atoms with van der Waals surface area (Å²) in [5, 5.41) is 20.3. The van der Waals surface area contributed by atoms with Gasteiger partial charge >= 0.3 is 0 Å². The van der Waals surface area contributed by atoms with E-state index in [2.05, 4.69) is 10.9 Å². The first-order valence-corrected chi connectivity index (χ1v) is 10.9. The van der Waals surface area contributed by atoms with Crippen molar-refractivity contribution in [1.29, 1.82) is 0 Å². The Morgan fingerprint density at radius 3 is 2.48 bits per heavy atom. The number of carbonyl (C=O) groups excluding carboxylic acids is 1. The first kappa shape index (κ1) is 19.9. The van der Waals surface area contributed by atoms with Crippen LogP contribution in [0, 0.1) is 5.92 Å². The van der Waals surface area contributed by atoms with E-state index in [0.717, 1.165) is 16.7 Å². The van der Waals surface area contributed by atoms with Crippen molar-refractivity contribution in [2.24, 2.45) is 5.92 Å². The van der Waals surface area contributed by atoms with E-state index in [4.69, 9.17) is 9.47 Å². The minimum absolute atomic E-state index is 0.0267. The van der Waals surface area contributed by atoms with Crippen LogP contribution in [-0.2, 0) is 11.3 Å². The lowest BCUT2D eigenvalue weighted by Crippen LogP contribution is -2.41. The molecule has 4 atom stereocenters. The molecule has 3 heterocycles. The Balaban J connectivity index is 1.40. The van der Waals surface area contributed by atoms with Crippen molar-refractivity contribution in [3.63, 3.8) is 0 Å². The van der Waals surface area contributed by atoms with Crippen molar-refractivity contribution in [2.75, 3.05) is 6.79 Å². The summed E-state index contributed by atoms with van der Waals surface area (Å²) in [7, 11) is 0. The zero-order valence-electron chi connectivity index (χ0n) is 17.6. The Bertz CT molecular complexity index is 1210. The van der Waals surface area contributed by atoms with Gasteiger partial charge in [0.1, 0.15) is 17.5 Å². The van der Waals surface area contributed by atoms with E-state index in [9.17, 15) is 15.0 Å². The molecule has 3 aliphatic heterocycles. The van der Waals surface area contributed by atoms with Gasteiger partial charge < -0.3 is 24.6 Å². The summed E-state index contributed by atoms with van der Waals surface area (Å²) in [5.74, 6) is 1.52. The van der Waals surface area contributed by atoms with Gasteiger partial charge in [0.05, 0.1) is 12.1 Å². The van der Waals surface area contributed by atoms with E-state index in [1.54, 1.807) is 24.3 Å². The number of benzene rings is 3. The summed E-state index contributed by atoms with van der Waals surface area (Å²) < 4.78 is 10.9. The SMILES string of the molecule is O=C1C2NNC(c3ccccc3O)C2C(c2ccc(O)cc2)N1Cc1ccc2c(c1)OCO2. The fraction of sp³-hybridized carbons (Fsp3) is 0.240. The van der Waals surface area contributed by atoms with E-state index < -0.39 is 6.04 Å². The minimum atomic E-state index is -0.456. The van der Waals surface area contributed by atoms with Crippen molar-refractivity contribution in [3.05, 3.63) is 83.4 Å². The molecule has 0 bridgehead atoms. The Labute approximate surface area is 190 Å². The van der Waals surface area contributed by atoms with Crippen LogP contribution in [0.5, 0.6) is 23.0 Å². The van der Waals surface area contributed by atoms with Gasteiger partial charge in [0.25, 0.3) is 0 Å².